The molecule has 1 fully saturated rings. The molecule has 0 unspecified atom stereocenters. The predicted molar refractivity (Wildman–Crippen MR) is 85.9 cm³/mol. The van der Waals surface area contributed by atoms with Crippen molar-refractivity contribution in [2.24, 2.45) is 5.92 Å². The van der Waals surface area contributed by atoms with Crippen LogP contribution in [-0.4, -0.2) is 38.8 Å². The molecule has 0 aromatic carbocycles. The minimum absolute atomic E-state index is 0.249. The number of hydrogen-bond donors (Lipinski definition) is 1. The van der Waals surface area contributed by atoms with E-state index in [1.807, 2.05) is 31.5 Å². The molecule has 0 radical (unpaired) electrons. The summed E-state index contributed by atoms with van der Waals surface area (Å²) in [6, 6.07) is 4.04. The van der Waals surface area contributed by atoms with E-state index in [2.05, 4.69) is 14.6 Å². The molecule has 6 heteroatoms. The van der Waals surface area contributed by atoms with E-state index in [1.165, 1.54) is 5.69 Å². The molecule has 0 saturated carbocycles. The second-order valence-electron chi connectivity index (χ2n) is 5.66. The average molecular weight is 311 g/mol. The van der Waals surface area contributed by atoms with Crippen LogP contribution in [0.5, 0.6) is 0 Å². The number of sulfonamides is 1. The molecule has 1 aliphatic heterocycles. The number of aromatic nitrogens is 1. The molecule has 0 bridgehead atoms. The summed E-state index contributed by atoms with van der Waals surface area (Å²) in [6.07, 6.45) is 7.31. The van der Waals surface area contributed by atoms with Crippen molar-refractivity contribution >= 4 is 15.7 Å². The van der Waals surface area contributed by atoms with Gasteiger partial charge >= 0.3 is 0 Å². The Morgan fingerprint density at radius 1 is 1.29 bits per heavy atom. The summed E-state index contributed by atoms with van der Waals surface area (Å²) in [5.74, 6) is 0.693. The molecule has 21 heavy (non-hydrogen) atoms. The van der Waals surface area contributed by atoms with E-state index in [0.717, 1.165) is 38.8 Å². The van der Waals surface area contributed by atoms with Gasteiger partial charge in [-0.25, -0.2) is 13.1 Å². The van der Waals surface area contributed by atoms with Crippen LogP contribution in [0.25, 0.3) is 0 Å². The van der Waals surface area contributed by atoms with Gasteiger partial charge in [0.1, 0.15) is 0 Å². The lowest BCUT2D eigenvalue weighted by atomic mass is 9.97. The summed E-state index contributed by atoms with van der Waals surface area (Å²) in [7, 11) is -3.08. The maximum atomic E-state index is 11.8. The van der Waals surface area contributed by atoms with Crippen molar-refractivity contribution < 1.29 is 8.42 Å². The molecule has 0 aliphatic carbocycles. The van der Waals surface area contributed by atoms with Gasteiger partial charge in [-0.05, 0) is 37.3 Å². The molecule has 5 nitrogen and oxygen atoms in total. The highest BCUT2D eigenvalue weighted by Crippen LogP contribution is 2.22. The van der Waals surface area contributed by atoms with E-state index in [-0.39, 0.29) is 5.75 Å². The Morgan fingerprint density at radius 2 is 1.95 bits per heavy atom. The highest BCUT2D eigenvalue weighted by Gasteiger charge is 2.21. The lowest BCUT2D eigenvalue weighted by Gasteiger charge is -2.33. The smallest absolute Gasteiger partial charge is 0.211 e. The van der Waals surface area contributed by atoms with Gasteiger partial charge in [0, 0.05) is 37.7 Å². The van der Waals surface area contributed by atoms with E-state index >= 15 is 0 Å². The fraction of sp³-hybridized carbons (Fsp3) is 0.667. The molecule has 0 amide bonds. The number of rotatable bonds is 7. The van der Waals surface area contributed by atoms with Gasteiger partial charge in [-0.1, -0.05) is 13.3 Å². The fourth-order valence-electron chi connectivity index (χ4n) is 2.60. The summed E-state index contributed by atoms with van der Waals surface area (Å²) >= 11 is 0. The predicted octanol–water partition coefficient (Wildman–Crippen LogP) is 2.02. The van der Waals surface area contributed by atoms with Crippen LogP contribution < -0.4 is 9.62 Å². The largest absolute Gasteiger partial charge is 0.371 e. The lowest BCUT2D eigenvalue weighted by molar-refractivity contribution is 0.402. The fourth-order valence-corrected chi connectivity index (χ4v) is 3.90. The molecule has 2 heterocycles. The van der Waals surface area contributed by atoms with Crippen LogP contribution in [0.3, 0.4) is 0 Å². The Bertz CT molecular complexity index is 511. The molecule has 0 atom stereocenters. The molecular weight excluding hydrogens is 286 g/mol. The first-order valence-electron chi connectivity index (χ1n) is 7.73. The lowest BCUT2D eigenvalue weighted by Crippen LogP contribution is -2.39. The SMILES string of the molecule is CCCCS(=O)(=O)NCC1CCN(c2ccncc2)CC1. The topological polar surface area (TPSA) is 62.3 Å². The quantitative estimate of drug-likeness (QED) is 0.837. The summed E-state index contributed by atoms with van der Waals surface area (Å²) < 4.78 is 26.3. The van der Waals surface area contributed by atoms with Gasteiger partial charge in [0.05, 0.1) is 5.75 Å². The van der Waals surface area contributed by atoms with Crippen LogP contribution in [0.1, 0.15) is 32.6 Å². The number of nitrogens with zero attached hydrogens (tertiary/aromatic N) is 2. The van der Waals surface area contributed by atoms with E-state index in [0.29, 0.717) is 12.5 Å². The molecule has 1 aliphatic rings. The summed E-state index contributed by atoms with van der Waals surface area (Å²) in [6.45, 7) is 4.54. The standard InChI is InChI=1S/C15H25N3O2S/c1-2-3-12-21(19,20)17-13-14-6-10-18(11-7-14)15-4-8-16-9-5-15/h4-5,8-9,14,17H,2-3,6-7,10-13H2,1H3. The molecule has 0 spiro atoms. The van der Waals surface area contributed by atoms with Crippen LogP contribution in [0.4, 0.5) is 5.69 Å². The molecule has 1 saturated heterocycles. The molecule has 118 valence electrons. The second kappa shape index (κ2) is 7.75. The van der Waals surface area contributed by atoms with Gasteiger partial charge in [-0.2, -0.15) is 0 Å². The van der Waals surface area contributed by atoms with Crippen molar-refractivity contribution in [2.75, 3.05) is 30.3 Å². The summed E-state index contributed by atoms with van der Waals surface area (Å²) in [4.78, 5) is 6.37. The number of hydrogen-bond acceptors (Lipinski definition) is 4. The molecule has 1 aromatic heterocycles. The van der Waals surface area contributed by atoms with Crippen LogP contribution in [-0.2, 0) is 10.0 Å². The zero-order valence-corrected chi connectivity index (χ0v) is 13.5. The van der Waals surface area contributed by atoms with Crippen LogP contribution >= 0.6 is 0 Å². The second-order valence-corrected chi connectivity index (χ2v) is 7.58. The van der Waals surface area contributed by atoms with Gasteiger partial charge in [0.25, 0.3) is 0 Å². The van der Waals surface area contributed by atoms with E-state index in [9.17, 15) is 8.42 Å². The third kappa shape index (κ3) is 5.28. The van der Waals surface area contributed by atoms with Crippen LogP contribution in [0.15, 0.2) is 24.5 Å². The Hall–Kier alpha value is -1.14. The molecule has 1 N–H and O–H groups in total. The minimum atomic E-state index is -3.08. The normalized spacial score (nSPS) is 17.1. The van der Waals surface area contributed by atoms with Crippen molar-refractivity contribution in [1.29, 1.82) is 0 Å². The van der Waals surface area contributed by atoms with Gasteiger partial charge < -0.3 is 4.90 Å². The number of unbranched alkanes of at least 4 members (excludes halogenated alkanes) is 1. The maximum Gasteiger partial charge on any atom is 0.211 e. The van der Waals surface area contributed by atoms with Crippen molar-refractivity contribution in [3.8, 4) is 0 Å². The van der Waals surface area contributed by atoms with Crippen molar-refractivity contribution in [3.05, 3.63) is 24.5 Å². The number of piperidine rings is 1. The first kappa shape index (κ1) is 16.2. The maximum absolute atomic E-state index is 11.8. The van der Waals surface area contributed by atoms with Gasteiger partial charge in [0.2, 0.25) is 10.0 Å². The monoisotopic (exact) mass is 311 g/mol. The Labute approximate surface area is 127 Å². The van der Waals surface area contributed by atoms with Crippen LogP contribution in [0.2, 0.25) is 0 Å². The third-order valence-corrected chi connectivity index (χ3v) is 5.43. The average Bonchev–Trinajstić information content (AvgIpc) is 2.53. The van der Waals surface area contributed by atoms with Gasteiger partial charge in [0.15, 0.2) is 0 Å². The van der Waals surface area contributed by atoms with Crippen molar-refractivity contribution in [1.82, 2.24) is 9.71 Å². The van der Waals surface area contributed by atoms with Gasteiger partial charge in [-0.15, -0.1) is 0 Å². The zero-order valence-electron chi connectivity index (χ0n) is 12.7. The Kier molecular flexibility index (Phi) is 5.99. The van der Waals surface area contributed by atoms with Crippen LogP contribution in [0, 0.1) is 5.92 Å². The zero-order chi connectivity index (χ0) is 15.1. The summed E-state index contributed by atoms with van der Waals surface area (Å²) in [5, 5.41) is 0. The molecule has 2 rings (SSSR count). The first-order valence-corrected chi connectivity index (χ1v) is 9.38. The van der Waals surface area contributed by atoms with Gasteiger partial charge in [-0.3, -0.25) is 4.98 Å². The highest BCUT2D eigenvalue weighted by molar-refractivity contribution is 7.89. The third-order valence-electron chi connectivity index (χ3n) is 4.00. The van der Waals surface area contributed by atoms with E-state index < -0.39 is 10.0 Å². The number of pyridine rings is 1. The number of nitrogens with one attached hydrogen (secondary N) is 1. The first-order chi connectivity index (χ1) is 10.1. The minimum Gasteiger partial charge on any atom is -0.371 e. The van der Waals surface area contributed by atoms with Crippen molar-refractivity contribution in [3.63, 3.8) is 0 Å². The highest BCUT2D eigenvalue weighted by atomic mass is 32.2. The Balaban J connectivity index is 1.74. The summed E-state index contributed by atoms with van der Waals surface area (Å²) in [5.41, 5.74) is 1.20. The Morgan fingerprint density at radius 3 is 2.57 bits per heavy atom. The number of anilines is 1. The molecule has 1 aromatic rings. The van der Waals surface area contributed by atoms with E-state index in [1.54, 1.807) is 0 Å². The van der Waals surface area contributed by atoms with Crippen molar-refractivity contribution in [2.45, 2.75) is 32.6 Å². The van der Waals surface area contributed by atoms with E-state index in [4.69, 9.17) is 0 Å². The molecular formula is C15H25N3O2S.